The van der Waals surface area contributed by atoms with E-state index in [1.54, 1.807) is 6.26 Å². The molecule has 52 valence electrons. The summed E-state index contributed by atoms with van der Waals surface area (Å²) in [5.41, 5.74) is 0. The minimum Gasteiger partial charge on any atom is -0.499 e. The van der Waals surface area contributed by atoms with Crippen molar-refractivity contribution in [3.8, 4) is 0 Å². The van der Waals surface area contributed by atoms with Gasteiger partial charge in [0.15, 0.2) is 0 Å². The molecule has 0 spiro atoms. The molecule has 0 N–H and O–H groups in total. The van der Waals surface area contributed by atoms with Crippen molar-refractivity contribution in [2.45, 2.75) is 6.04 Å². The lowest BCUT2D eigenvalue weighted by molar-refractivity contribution is 0.196. The van der Waals surface area contributed by atoms with E-state index in [0.29, 0.717) is 12.0 Å². The van der Waals surface area contributed by atoms with Gasteiger partial charge < -0.3 is 4.74 Å². The van der Waals surface area contributed by atoms with E-state index >= 15 is 0 Å². The molecule has 0 saturated carbocycles. The Kier molecular flexibility index (Phi) is 1.31. The highest BCUT2D eigenvalue weighted by atomic mass is 16.5. The number of fused-ring (bicyclic) bond motifs is 1. The molecular formula is C8H9NO. The van der Waals surface area contributed by atoms with E-state index in [4.69, 9.17) is 4.74 Å². The normalized spacial score (nSPS) is 35.2. The second-order valence-corrected chi connectivity index (χ2v) is 2.49. The minimum absolute atomic E-state index is 0.329. The summed E-state index contributed by atoms with van der Waals surface area (Å²) in [7, 11) is 0. The number of dihydropyridines is 1. The maximum atomic E-state index is 5.11. The van der Waals surface area contributed by atoms with Gasteiger partial charge in [0.1, 0.15) is 6.61 Å². The van der Waals surface area contributed by atoms with Crippen LogP contribution in [0, 0.1) is 5.92 Å². The fraction of sp³-hybridized carbons (Fsp3) is 0.375. The lowest BCUT2D eigenvalue weighted by Crippen LogP contribution is -2.25. The molecule has 2 heterocycles. The lowest BCUT2D eigenvalue weighted by atomic mass is 9.97. The van der Waals surface area contributed by atoms with Crippen LogP contribution in [-0.2, 0) is 4.74 Å². The summed E-state index contributed by atoms with van der Waals surface area (Å²) in [6.45, 7) is 0.724. The van der Waals surface area contributed by atoms with Crippen molar-refractivity contribution in [2.24, 2.45) is 10.9 Å². The molecular weight excluding hydrogens is 126 g/mol. The summed E-state index contributed by atoms with van der Waals surface area (Å²) < 4.78 is 5.11. The van der Waals surface area contributed by atoms with Crippen LogP contribution in [-0.4, -0.2) is 18.9 Å². The zero-order valence-electron chi connectivity index (χ0n) is 5.60. The van der Waals surface area contributed by atoms with Crippen LogP contribution >= 0.6 is 0 Å². The first kappa shape index (κ1) is 5.71. The Balaban J connectivity index is 2.21. The zero-order chi connectivity index (χ0) is 6.81. The van der Waals surface area contributed by atoms with Crippen LogP contribution in [0.5, 0.6) is 0 Å². The molecule has 0 saturated heterocycles. The Labute approximate surface area is 59.9 Å². The Bertz CT molecular complexity index is 205. The molecule has 0 aromatic heterocycles. The number of hydrogen-bond donors (Lipinski definition) is 0. The van der Waals surface area contributed by atoms with Gasteiger partial charge in [-0.15, -0.1) is 0 Å². The van der Waals surface area contributed by atoms with E-state index in [1.807, 2.05) is 18.4 Å². The molecule has 0 aliphatic carbocycles. The highest BCUT2D eigenvalue weighted by Crippen LogP contribution is 2.18. The molecule has 10 heavy (non-hydrogen) atoms. The van der Waals surface area contributed by atoms with E-state index in [1.165, 1.54) is 0 Å². The van der Waals surface area contributed by atoms with Crippen LogP contribution in [0.15, 0.2) is 29.5 Å². The second-order valence-electron chi connectivity index (χ2n) is 2.49. The smallest absolute Gasteiger partial charge is 0.110 e. The maximum Gasteiger partial charge on any atom is 0.110 e. The van der Waals surface area contributed by atoms with Crippen molar-refractivity contribution in [2.75, 3.05) is 6.61 Å². The third kappa shape index (κ3) is 0.856. The molecule has 2 unspecified atom stereocenters. The van der Waals surface area contributed by atoms with Gasteiger partial charge in [-0.1, -0.05) is 6.08 Å². The molecule has 0 aromatic carbocycles. The van der Waals surface area contributed by atoms with Gasteiger partial charge in [-0.25, -0.2) is 0 Å². The maximum absolute atomic E-state index is 5.11. The Hall–Kier alpha value is -1.05. The standard InChI is InChI=1S/C8H9NO/c1-2-7-3-5-10-6-8(7)9-4-1/h1-5,7-8H,6H2. The fourth-order valence-corrected chi connectivity index (χ4v) is 1.21. The molecule has 0 aromatic rings. The van der Waals surface area contributed by atoms with Gasteiger partial charge in [0, 0.05) is 12.1 Å². The average Bonchev–Trinajstić information content (AvgIpc) is 2.05. The first-order valence-corrected chi connectivity index (χ1v) is 3.45. The third-order valence-corrected chi connectivity index (χ3v) is 1.81. The van der Waals surface area contributed by atoms with Gasteiger partial charge in [-0.2, -0.15) is 0 Å². The largest absolute Gasteiger partial charge is 0.499 e. The van der Waals surface area contributed by atoms with Crippen LogP contribution in [0.2, 0.25) is 0 Å². The predicted molar refractivity (Wildman–Crippen MR) is 40.0 cm³/mol. The van der Waals surface area contributed by atoms with Gasteiger partial charge in [0.25, 0.3) is 0 Å². The number of rotatable bonds is 0. The molecule has 2 aliphatic rings. The van der Waals surface area contributed by atoms with Crippen molar-refractivity contribution >= 4 is 6.21 Å². The predicted octanol–water partition coefficient (Wildman–Crippen LogP) is 1.16. The summed E-state index contributed by atoms with van der Waals surface area (Å²) >= 11 is 0. The van der Waals surface area contributed by atoms with E-state index in [0.717, 1.165) is 6.61 Å². The summed E-state index contributed by atoms with van der Waals surface area (Å²) in [6, 6.07) is 0.329. The number of aliphatic imine (C=N–C) groups is 1. The third-order valence-electron chi connectivity index (χ3n) is 1.81. The minimum atomic E-state index is 0.329. The summed E-state index contributed by atoms with van der Waals surface area (Å²) in [5.74, 6) is 0.471. The van der Waals surface area contributed by atoms with Crippen molar-refractivity contribution in [3.63, 3.8) is 0 Å². The van der Waals surface area contributed by atoms with Gasteiger partial charge in [-0.05, 0) is 12.2 Å². The van der Waals surface area contributed by atoms with Crippen molar-refractivity contribution in [1.29, 1.82) is 0 Å². The van der Waals surface area contributed by atoms with Gasteiger partial charge in [0.2, 0.25) is 0 Å². The van der Waals surface area contributed by atoms with E-state index in [-0.39, 0.29) is 0 Å². The molecule has 2 nitrogen and oxygen atoms in total. The number of nitrogens with zero attached hydrogens (tertiary/aromatic N) is 1. The SMILES string of the molecule is C1=CC2C=COCC2N=C1. The molecule has 0 fully saturated rings. The van der Waals surface area contributed by atoms with Crippen molar-refractivity contribution in [1.82, 2.24) is 0 Å². The highest BCUT2D eigenvalue weighted by Gasteiger charge is 2.20. The average molecular weight is 135 g/mol. The quantitative estimate of drug-likeness (QED) is 0.488. The molecule has 2 heteroatoms. The van der Waals surface area contributed by atoms with E-state index in [2.05, 4.69) is 11.1 Å². The van der Waals surface area contributed by atoms with Crippen LogP contribution in [0.4, 0.5) is 0 Å². The van der Waals surface area contributed by atoms with Crippen LogP contribution in [0.25, 0.3) is 0 Å². The second kappa shape index (κ2) is 2.29. The molecule has 2 rings (SSSR count). The summed E-state index contributed by atoms with van der Waals surface area (Å²) in [5, 5.41) is 0. The molecule has 0 bridgehead atoms. The topological polar surface area (TPSA) is 21.6 Å². The van der Waals surface area contributed by atoms with Crippen LogP contribution in [0.1, 0.15) is 0 Å². The number of ether oxygens (including phenoxy) is 1. The highest BCUT2D eigenvalue weighted by molar-refractivity contribution is 5.72. The number of allylic oxidation sites excluding steroid dienone is 1. The lowest BCUT2D eigenvalue weighted by Gasteiger charge is -2.23. The molecule has 2 aliphatic heterocycles. The molecule has 0 radical (unpaired) electrons. The fourth-order valence-electron chi connectivity index (χ4n) is 1.21. The first-order valence-electron chi connectivity index (χ1n) is 3.45. The van der Waals surface area contributed by atoms with Crippen molar-refractivity contribution < 1.29 is 4.74 Å². The van der Waals surface area contributed by atoms with Crippen LogP contribution < -0.4 is 0 Å². The number of hydrogen-bond acceptors (Lipinski definition) is 2. The van der Waals surface area contributed by atoms with Crippen molar-refractivity contribution in [3.05, 3.63) is 24.5 Å². The zero-order valence-corrected chi connectivity index (χ0v) is 5.60. The first-order chi connectivity index (χ1) is 4.97. The van der Waals surface area contributed by atoms with Gasteiger partial charge in [-0.3, -0.25) is 4.99 Å². The van der Waals surface area contributed by atoms with E-state index in [9.17, 15) is 0 Å². The monoisotopic (exact) mass is 135 g/mol. The Morgan fingerprint density at radius 3 is 3.30 bits per heavy atom. The Morgan fingerprint density at radius 1 is 1.40 bits per heavy atom. The van der Waals surface area contributed by atoms with Gasteiger partial charge >= 0.3 is 0 Å². The molecule has 0 amide bonds. The summed E-state index contributed by atoms with van der Waals surface area (Å²) in [4.78, 5) is 4.26. The molecule has 2 atom stereocenters. The Morgan fingerprint density at radius 2 is 2.40 bits per heavy atom. The summed E-state index contributed by atoms with van der Waals surface area (Å²) in [6.07, 6.45) is 9.77. The van der Waals surface area contributed by atoms with E-state index < -0.39 is 0 Å². The van der Waals surface area contributed by atoms with Gasteiger partial charge in [0.05, 0.1) is 12.3 Å². The van der Waals surface area contributed by atoms with Crippen LogP contribution in [0.3, 0.4) is 0 Å².